The Labute approximate surface area is 155 Å². The van der Waals surface area contributed by atoms with Crippen molar-refractivity contribution < 1.29 is 8.42 Å². The van der Waals surface area contributed by atoms with Crippen molar-refractivity contribution in [1.82, 2.24) is 20.2 Å². The Bertz CT molecular complexity index is 1070. The maximum Gasteiger partial charge on any atom is 0.264 e. The molecule has 0 atom stereocenters. The molecule has 1 aromatic carbocycles. The number of benzene rings is 1. The molecule has 27 heavy (non-hydrogen) atoms. The minimum atomic E-state index is -3.84. The first-order valence-corrected chi connectivity index (χ1v) is 9.19. The second-order valence-electron chi connectivity index (χ2n) is 5.64. The number of H-pyrrole nitrogens is 1. The molecule has 3 aromatic rings. The standard InChI is InChI=1S/C15H17N9O2S/c1-8-7-9(2)19-15(18-8)24-27(25,26)11-5-3-10(4-6-11)20-21-12-13(16)22-23-14(12)17/h3-7H,1-2H3,(H,18,19,24)(H5,16,17,22,23). The van der Waals surface area contributed by atoms with Crippen LogP contribution in [-0.2, 0) is 10.0 Å². The Kier molecular flexibility index (Phi) is 4.73. The number of nitrogens with zero attached hydrogens (tertiary/aromatic N) is 5. The Morgan fingerprint density at radius 2 is 1.67 bits per heavy atom. The van der Waals surface area contributed by atoms with E-state index in [1.165, 1.54) is 24.3 Å². The monoisotopic (exact) mass is 387 g/mol. The number of aromatic amines is 1. The van der Waals surface area contributed by atoms with Crippen LogP contribution < -0.4 is 16.2 Å². The van der Waals surface area contributed by atoms with Crippen LogP contribution in [0, 0.1) is 13.8 Å². The summed E-state index contributed by atoms with van der Waals surface area (Å²) < 4.78 is 27.3. The number of azo groups is 1. The van der Waals surface area contributed by atoms with E-state index in [2.05, 4.69) is 35.1 Å². The van der Waals surface area contributed by atoms with Gasteiger partial charge in [-0.1, -0.05) is 0 Å². The molecule has 0 saturated heterocycles. The van der Waals surface area contributed by atoms with Gasteiger partial charge in [0.1, 0.15) is 5.82 Å². The highest BCUT2D eigenvalue weighted by atomic mass is 32.2. The van der Waals surface area contributed by atoms with Crippen molar-refractivity contribution in [3.05, 3.63) is 41.7 Å². The van der Waals surface area contributed by atoms with Crippen molar-refractivity contribution >= 4 is 39.0 Å². The molecule has 2 aromatic heterocycles. The molecular weight excluding hydrogens is 370 g/mol. The van der Waals surface area contributed by atoms with E-state index in [4.69, 9.17) is 11.5 Å². The Hall–Kier alpha value is -3.54. The highest BCUT2D eigenvalue weighted by molar-refractivity contribution is 7.92. The third kappa shape index (κ3) is 4.17. The topological polar surface area (TPSA) is 177 Å². The van der Waals surface area contributed by atoms with Crippen LogP contribution in [-0.4, -0.2) is 28.6 Å². The maximum atomic E-state index is 12.5. The lowest BCUT2D eigenvalue weighted by Crippen LogP contribution is -2.15. The number of nitrogen functional groups attached to an aromatic ring is 2. The molecule has 12 heteroatoms. The summed E-state index contributed by atoms with van der Waals surface area (Å²) in [5.41, 5.74) is 13.2. The molecule has 0 aliphatic rings. The Morgan fingerprint density at radius 3 is 2.22 bits per heavy atom. The van der Waals surface area contributed by atoms with Crippen LogP contribution in [0.15, 0.2) is 45.5 Å². The fourth-order valence-corrected chi connectivity index (χ4v) is 3.16. The predicted molar refractivity (Wildman–Crippen MR) is 100 cm³/mol. The minimum absolute atomic E-state index is 0.0159. The molecule has 0 amide bonds. The average Bonchev–Trinajstić information content (AvgIpc) is 2.90. The van der Waals surface area contributed by atoms with Gasteiger partial charge in [-0.25, -0.2) is 23.1 Å². The number of hydrogen-bond acceptors (Lipinski definition) is 9. The minimum Gasteiger partial charge on any atom is -0.382 e. The summed E-state index contributed by atoms with van der Waals surface area (Å²) in [5, 5.41) is 14.1. The van der Waals surface area contributed by atoms with E-state index in [1.807, 2.05) is 0 Å². The third-order valence-electron chi connectivity index (χ3n) is 3.41. The molecule has 2 heterocycles. The normalized spacial score (nSPS) is 11.8. The first-order chi connectivity index (χ1) is 12.7. The number of nitrogens with one attached hydrogen (secondary N) is 2. The van der Waals surface area contributed by atoms with E-state index in [1.54, 1.807) is 19.9 Å². The number of aromatic nitrogens is 4. The summed E-state index contributed by atoms with van der Waals surface area (Å²) in [4.78, 5) is 8.17. The van der Waals surface area contributed by atoms with Gasteiger partial charge in [0.2, 0.25) is 5.95 Å². The van der Waals surface area contributed by atoms with Crippen LogP contribution in [0.1, 0.15) is 11.4 Å². The molecule has 11 nitrogen and oxygen atoms in total. The first kappa shape index (κ1) is 18.3. The maximum absolute atomic E-state index is 12.5. The summed E-state index contributed by atoms with van der Waals surface area (Å²) in [6.45, 7) is 3.51. The fourth-order valence-electron chi connectivity index (χ4n) is 2.22. The second-order valence-corrected chi connectivity index (χ2v) is 7.33. The van der Waals surface area contributed by atoms with E-state index in [9.17, 15) is 8.42 Å². The summed E-state index contributed by atoms with van der Waals surface area (Å²) in [7, 11) is -3.84. The molecule has 0 spiro atoms. The third-order valence-corrected chi connectivity index (χ3v) is 4.76. The van der Waals surface area contributed by atoms with Crippen LogP contribution in [0.5, 0.6) is 0 Å². The molecule has 0 radical (unpaired) electrons. The van der Waals surface area contributed by atoms with Crippen molar-refractivity contribution in [1.29, 1.82) is 0 Å². The van der Waals surface area contributed by atoms with Gasteiger partial charge in [-0.2, -0.15) is 10.2 Å². The summed E-state index contributed by atoms with van der Waals surface area (Å²) in [5.74, 6) is 0.323. The lowest BCUT2D eigenvalue weighted by Gasteiger charge is -2.08. The van der Waals surface area contributed by atoms with Crippen molar-refractivity contribution in [3.8, 4) is 0 Å². The molecule has 0 fully saturated rings. The van der Waals surface area contributed by atoms with Crippen LogP contribution in [0.2, 0.25) is 0 Å². The van der Waals surface area contributed by atoms with Gasteiger partial charge in [0.05, 0.1) is 10.6 Å². The van der Waals surface area contributed by atoms with E-state index < -0.39 is 10.0 Å². The van der Waals surface area contributed by atoms with Crippen LogP contribution >= 0.6 is 0 Å². The van der Waals surface area contributed by atoms with Gasteiger partial charge in [0.25, 0.3) is 10.0 Å². The van der Waals surface area contributed by atoms with Gasteiger partial charge < -0.3 is 11.5 Å². The van der Waals surface area contributed by atoms with Gasteiger partial charge in [-0.05, 0) is 44.2 Å². The van der Waals surface area contributed by atoms with E-state index in [-0.39, 0.29) is 28.2 Å². The smallest absolute Gasteiger partial charge is 0.264 e. The van der Waals surface area contributed by atoms with Crippen molar-refractivity contribution in [3.63, 3.8) is 0 Å². The zero-order chi connectivity index (χ0) is 19.6. The molecule has 0 saturated carbocycles. The number of rotatable bonds is 5. The van der Waals surface area contributed by atoms with E-state index >= 15 is 0 Å². The molecule has 0 unspecified atom stereocenters. The number of hydrogen-bond donors (Lipinski definition) is 4. The van der Waals surface area contributed by atoms with Crippen LogP contribution in [0.4, 0.5) is 29.0 Å². The fraction of sp³-hybridized carbons (Fsp3) is 0.133. The quantitative estimate of drug-likeness (QED) is 0.484. The van der Waals surface area contributed by atoms with Crippen molar-refractivity contribution in [2.75, 3.05) is 16.2 Å². The zero-order valence-electron chi connectivity index (χ0n) is 14.5. The molecule has 140 valence electrons. The zero-order valence-corrected chi connectivity index (χ0v) is 15.3. The summed E-state index contributed by atoms with van der Waals surface area (Å²) in [6.07, 6.45) is 0. The lowest BCUT2D eigenvalue weighted by atomic mass is 10.3. The number of nitrogens with two attached hydrogens (primary N) is 2. The summed E-state index contributed by atoms with van der Waals surface area (Å²) >= 11 is 0. The van der Waals surface area contributed by atoms with Gasteiger partial charge >= 0.3 is 0 Å². The van der Waals surface area contributed by atoms with Crippen molar-refractivity contribution in [2.24, 2.45) is 10.2 Å². The molecular formula is C15H17N9O2S. The molecule has 3 rings (SSSR count). The average molecular weight is 387 g/mol. The predicted octanol–water partition coefficient (Wildman–Crippen LogP) is 2.20. The molecule has 0 aliphatic carbocycles. The van der Waals surface area contributed by atoms with Gasteiger partial charge in [0, 0.05) is 11.4 Å². The highest BCUT2D eigenvalue weighted by Crippen LogP contribution is 2.28. The van der Waals surface area contributed by atoms with E-state index in [0.717, 1.165) is 0 Å². The molecule has 0 bridgehead atoms. The first-order valence-electron chi connectivity index (χ1n) is 7.71. The second kappa shape index (κ2) is 6.99. The molecule has 6 N–H and O–H groups in total. The molecule has 0 aliphatic heterocycles. The Balaban J connectivity index is 1.79. The van der Waals surface area contributed by atoms with Gasteiger partial charge in [-0.15, -0.1) is 5.11 Å². The SMILES string of the molecule is Cc1cc(C)nc(NS(=O)(=O)c2ccc(N=Nc3c(N)n[nH]c3N)cc2)n1. The van der Waals surface area contributed by atoms with Gasteiger partial charge in [0.15, 0.2) is 11.5 Å². The highest BCUT2D eigenvalue weighted by Gasteiger charge is 2.16. The van der Waals surface area contributed by atoms with Crippen molar-refractivity contribution in [2.45, 2.75) is 18.7 Å². The number of anilines is 3. The number of aryl methyl sites for hydroxylation is 2. The van der Waals surface area contributed by atoms with Gasteiger partial charge in [-0.3, -0.25) is 5.10 Å². The van der Waals surface area contributed by atoms with E-state index in [0.29, 0.717) is 17.1 Å². The van der Waals surface area contributed by atoms with Crippen LogP contribution in [0.3, 0.4) is 0 Å². The Morgan fingerprint density at radius 1 is 1.04 bits per heavy atom. The van der Waals surface area contributed by atoms with Crippen LogP contribution in [0.25, 0.3) is 0 Å². The largest absolute Gasteiger partial charge is 0.382 e. The number of sulfonamides is 1. The lowest BCUT2D eigenvalue weighted by molar-refractivity contribution is 0.601. The summed E-state index contributed by atoms with van der Waals surface area (Å²) in [6, 6.07) is 7.51.